The second kappa shape index (κ2) is 8.18. The van der Waals surface area contributed by atoms with Gasteiger partial charge in [0.15, 0.2) is 0 Å². The SMILES string of the molecule is C.O=[P+](OC1CCCCC1)OC1CCCCC1. The molecule has 100 valence electrons. The number of rotatable bonds is 4. The highest BCUT2D eigenvalue weighted by Crippen LogP contribution is 2.36. The Labute approximate surface area is 106 Å². The van der Waals surface area contributed by atoms with Crippen LogP contribution >= 0.6 is 8.25 Å². The summed E-state index contributed by atoms with van der Waals surface area (Å²) in [5.74, 6) is 0. The molecule has 0 radical (unpaired) electrons. The van der Waals surface area contributed by atoms with Crippen molar-refractivity contribution in [2.24, 2.45) is 0 Å². The first kappa shape index (κ1) is 15.1. The van der Waals surface area contributed by atoms with Gasteiger partial charge in [0, 0.05) is 4.57 Å². The van der Waals surface area contributed by atoms with Crippen LogP contribution in [0.25, 0.3) is 0 Å². The van der Waals surface area contributed by atoms with Crippen molar-refractivity contribution < 1.29 is 13.6 Å². The van der Waals surface area contributed by atoms with Crippen molar-refractivity contribution in [3.8, 4) is 0 Å². The standard InChI is InChI=1S/C12H22O3P.CH4/c13-16(14-11-7-3-1-4-8-11)15-12-9-5-2-6-10-12;/h11-12H,1-10H2;1H4/q+1;. The van der Waals surface area contributed by atoms with Gasteiger partial charge in [-0.3, -0.25) is 0 Å². The summed E-state index contributed by atoms with van der Waals surface area (Å²) in [5, 5.41) is 0. The Bertz CT molecular complexity index is 199. The minimum Gasteiger partial charge on any atom is -0.116 e. The van der Waals surface area contributed by atoms with Gasteiger partial charge in [0.05, 0.1) is 0 Å². The molecule has 0 aliphatic heterocycles. The summed E-state index contributed by atoms with van der Waals surface area (Å²) < 4.78 is 22.6. The summed E-state index contributed by atoms with van der Waals surface area (Å²) in [6.07, 6.45) is 12.0. The zero-order valence-electron chi connectivity index (χ0n) is 9.90. The molecule has 0 amide bonds. The molecule has 0 aromatic heterocycles. The van der Waals surface area contributed by atoms with Gasteiger partial charge in [-0.1, -0.05) is 46.0 Å². The normalized spacial score (nSPS) is 23.1. The summed E-state index contributed by atoms with van der Waals surface area (Å²) >= 11 is 0. The predicted molar refractivity (Wildman–Crippen MR) is 70.3 cm³/mol. The van der Waals surface area contributed by atoms with E-state index in [2.05, 4.69) is 0 Å². The van der Waals surface area contributed by atoms with E-state index in [9.17, 15) is 4.57 Å². The summed E-state index contributed by atoms with van der Waals surface area (Å²) in [7, 11) is -1.88. The fraction of sp³-hybridized carbons (Fsp3) is 1.00. The van der Waals surface area contributed by atoms with Gasteiger partial charge < -0.3 is 0 Å². The van der Waals surface area contributed by atoms with E-state index in [1.54, 1.807) is 0 Å². The van der Waals surface area contributed by atoms with E-state index in [0.717, 1.165) is 25.7 Å². The second-order valence-corrected chi connectivity index (χ2v) is 5.82. The van der Waals surface area contributed by atoms with Gasteiger partial charge in [0.1, 0.15) is 12.2 Å². The van der Waals surface area contributed by atoms with Crippen molar-refractivity contribution in [3.05, 3.63) is 0 Å². The second-order valence-electron chi connectivity index (χ2n) is 4.95. The lowest BCUT2D eigenvalue weighted by molar-refractivity contribution is 0.0929. The van der Waals surface area contributed by atoms with Crippen molar-refractivity contribution in [3.63, 3.8) is 0 Å². The zero-order valence-corrected chi connectivity index (χ0v) is 10.8. The van der Waals surface area contributed by atoms with Crippen LogP contribution in [0.1, 0.15) is 71.6 Å². The lowest BCUT2D eigenvalue weighted by Crippen LogP contribution is -2.16. The Morgan fingerprint density at radius 2 is 1.06 bits per heavy atom. The average Bonchev–Trinajstić information content (AvgIpc) is 2.31. The van der Waals surface area contributed by atoms with Crippen LogP contribution in [0.15, 0.2) is 0 Å². The third-order valence-corrected chi connectivity index (χ3v) is 4.52. The molecule has 0 heterocycles. The van der Waals surface area contributed by atoms with Crippen molar-refractivity contribution in [1.82, 2.24) is 0 Å². The van der Waals surface area contributed by atoms with Gasteiger partial charge >= 0.3 is 8.25 Å². The first-order chi connectivity index (χ1) is 7.84. The van der Waals surface area contributed by atoms with Gasteiger partial charge in [0.2, 0.25) is 0 Å². The Morgan fingerprint density at radius 3 is 1.41 bits per heavy atom. The zero-order chi connectivity index (χ0) is 11.2. The fourth-order valence-corrected chi connectivity index (χ4v) is 3.57. The third-order valence-electron chi connectivity index (χ3n) is 3.57. The quantitative estimate of drug-likeness (QED) is 0.669. The number of hydrogen-bond donors (Lipinski definition) is 0. The molecule has 0 bridgehead atoms. The van der Waals surface area contributed by atoms with Crippen LogP contribution in [0.3, 0.4) is 0 Å². The van der Waals surface area contributed by atoms with Gasteiger partial charge in [0.25, 0.3) is 0 Å². The minimum atomic E-state index is -1.88. The average molecular weight is 261 g/mol. The Morgan fingerprint density at radius 1 is 0.706 bits per heavy atom. The maximum absolute atomic E-state index is 11.7. The van der Waals surface area contributed by atoms with Crippen molar-refractivity contribution in [1.29, 1.82) is 0 Å². The van der Waals surface area contributed by atoms with E-state index in [-0.39, 0.29) is 19.6 Å². The Kier molecular flexibility index (Phi) is 7.26. The molecule has 0 atom stereocenters. The smallest absolute Gasteiger partial charge is 0.116 e. The van der Waals surface area contributed by atoms with Crippen LogP contribution in [0.5, 0.6) is 0 Å². The summed E-state index contributed by atoms with van der Waals surface area (Å²) in [4.78, 5) is 0. The highest BCUT2D eigenvalue weighted by Gasteiger charge is 2.32. The van der Waals surface area contributed by atoms with E-state index >= 15 is 0 Å². The Hall–Kier alpha value is 0.0200. The molecule has 0 unspecified atom stereocenters. The molecule has 0 aromatic rings. The van der Waals surface area contributed by atoms with Crippen LogP contribution in [0.4, 0.5) is 0 Å². The van der Waals surface area contributed by atoms with Crippen molar-refractivity contribution in [2.45, 2.75) is 83.8 Å². The molecule has 0 spiro atoms. The van der Waals surface area contributed by atoms with Gasteiger partial charge in [-0.2, -0.15) is 0 Å². The highest BCUT2D eigenvalue weighted by molar-refractivity contribution is 7.33. The number of hydrogen-bond acceptors (Lipinski definition) is 3. The van der Waals surface area contributed by atoms with Gasteiger partial charge in [-0.05, 0) is 25.7 Å². The molecular weight excluding hydrogens is 235 g/mol. The maximum Gasteiger partial charge on any atom is 0.697 e. The molecule has 0 aromatic carbocycles. The summed E-state index contributed by atoms with van der Waals surface area (Å²) in [5.41, 5.74) is 0. The maximum atomic E-state index is 11.7. The highest BCUT2D eigenvalue weighted by atomic mass is 31.1. The van der Waals surface area contributed by atoms with Crippen molar-refractivity contribution in [2.75, 3.05) is 0 Å². The van der Waals surface area contributed by atoms with Crippen LogP contribution in [-0.2, 0) is 13.6 Å². The van der Waals surface area contributed by atoms with E-state index in [1.807, 2.05) is 0 Å². The molecule has 0 N–H and O–H groups in total. The molecule has 17 heavy (non-hydrogen) atoms. The largest absolute Gasteiger partial charge is 0.697 e. The van der Waals surface area contributed by atoms with Gasteiger partial charge in [-0.25, -0.2) is 0 Å². The molecule has 3 nitrogen and oxygen atoms in total. The van der Waals surface area contributed by atoms with E-state index < -0.39 is 8.25 Å². The molecule has 4 heteroatoms. The van der Waals surface area contributed by atoms with E-state index in [1.165, 1.54) is 38.5 Å². The summed E-state index contributed by atoms with van der Waals surface area (Å²) in [6, 6.07) is 0. The lowest BCUT2D eigenvalue weighted by atomic mass is 9.98. The molecule has 2 aliphatic carbocycles. The first-order valence-corrected chi connectivity index (χ1v) is 7.75. The molecule has 2 saturated carbocycles. The summed E-state index contributed by atoms with van der Waals surface area (Å²) in [6.45, 7) is 0. The predicted octanol–water partition coefficient (Wildman–Crippen LogP) is 4.98. The lowest BCUT2D eigenvalue weighted by Gasteiger charge is -2.18. The minimum absolute atomic E-state index is 0. The first-order valence-electron chi connectivity index (χ1n) is 6.65. The van der Waals surface area contributed by atoms with E-state index in [4.69, 9.17) is 9.05 Å². The monoisotopic (exact) mass is 261 g/mol. The van der Waals surface area contributed by atoms with E-state index in [0.29, 0.717) is 0 Å². The molecule has 2 fully saturated rings. The Balaban J connectivity index is 0.00000144. The van der Waals surface area contributed by atoms with Gasteiger partial charge in [-0.15, -0.1) is 9.05 Å². The van der Waals surface area contributed by atoms with Crippen LogP contribution in [0, 0.1) is 0 Å². The molecule has 2 rings (SSSR count). The third kappa shape index (κ3) is 5.46. The van der Waals surface area contributed by atoms with Crippen LogP contribution < -0.4 is 0 Å². The fourth-order valence-electron chi connectivity index (χ4n) is 2.61. The van der Waals surface area contributed by atoms with Crippen LogP contribution in [-0.4, -0.2) is 12.2 Å². The molecule has 2 aliphatic rings. The van der Waals surface area contributed by atoms with Crippen LogP contribution in [0.2, 0.25) is 0 Å². The topological polar surface area (TPSA) is 35.5 Å². The molecule has 0 saturated heterocycles. The molecular formula is C13H26O3P+. The van der Waals surface area contributed by atoms with Crippen molar-refractivity contribution >= 4 is 8.25 Å².